The van der Waals surface area contributed by atoms with Crippen LogP contribution in [0.3, 0.4) is 0 Å². The Morgan fingerprint density at radius 1 is 1.30 bits per heavy atom. The van der Waals surface area contributed by atoms with Crippen LogP contribution in [0.25, 0.3) is 0 Å². The number of anilines is 1. The van der Waals surface area contributed by atoms with Crippen LogP contribution in [0.4, 0.5) is 5.69 Å². The fraction of sp³-hybridized carbons (Fsp3) is 0.182. The number of hydrogen-bond donors (Lipinski definition) is 2. The summed E-state index contributed by atoms with van der Waals surface area (Å²) < 4.78 is 6.26. The summed E-state index contributed by atoms with van der Waals surface area (Å²) >= 11 is 0. The molecule has 0 atom stereocenters. The van der Waals surface area contributed by atoms with Crippen molar-refractivity contribution >= 4 is 17.6 Å². The van der Waals surface area contributed by atoms with Crippen molar-refractivity contribution in [2.45, 2.75) is 6.54 Å². The van der Waals surface area contributed by atoms with Gasteiger partial charge in [-0.2, -0.15) is 0 Å². The van der Waals surface area contributed by atoms with Gasteiger partial charge in [0.2, 0.25) is 5.91 Å². The minimum atomic E-state index is -1.05. The van der Waals surface area contributed by atoms with Crippen LogP contribution in [0.1, 0.15) is 0 Å². The fourth-order valence-corrected chi connectivity index (χ4v) is 1.38. The summed E-state index contributed by atoms with van der Waals surface area (Å²) in [7, 11) is 0. The number of carbonyl (C=O) groups is 2. The zero-order valence-corrected chi connectivity index (χ0v) is 10.3. The molecule has 0 radical (unpaired) electrons. The highest BCUT2D eigenvalue weighted by Crippen LogP contribution is 2.15. The number of benzene rings is 1. The lowest BCUT2D eigenvalue weighted by Crippen LogP contribution is -2.19. The van der Waals surface area contributed by atoms with Gasteiger partial charge in [-0.05, 0) is 34.7 Å². The van der Waals surface area contributed by atoms with Gasteiger partial charge in [-0.3, -0.25) is 4.79 Å². The zero-order chi connectivity index (χ0) is 14.4. The van der Waals surface area contributed by atoms with E-state index in [0.717, 1.165) is 0 Å². The molecule has 0 saturated carbocycles. The van der Waals surface area contributed by atoms with Crippen molar-refractivity contribution < 1.29 is 19.4 Å². The molecule has 2 rings (SSSR count). The van der Waals surface area contributed by atoms with E-state index in [0.29, 0.717) is 11.4 Å². The molecule has 0 aliphatic heterocycles. The minimum Gasteiger partial charge on any atom is -0.482 e. The maximum atomic E-state index is 11.6. The van der Waals surface area contributed by atoms with Crippen LogP contribution in [0.5, 0.6) is 5.75 Å². The van der Waals surface area contributed by atoms with E-state index >= 15 is 0 Å². The summed E-state index contributed by atoms with van der Waals surface area (Å²) in [6.45, 7) is -0.407. The number of nitrogens with one attached hydrogen (secondary N) is 1. The molecule has 1 heterocycles. The lowest BCUT2D eigenvalue weighted by Gasteiger charge is -2.06. The minimum absolute atomic E-state index is 0.00423. The average Bonchev–Trinajstić information content (AvgIpc) is 2.90. The van der Waals surface area contributed by atoms with Crippen LogP contribution in [0, 0.1) is 0 Å². The maximum Gasteiger partial charge on any atom is 0.341 e. The highest BCUT2D eigenvalue weighted by atomic mass is 16.5. The van der Waals surface area contributed by atoms with Crippen molar-refractivity contribution in [3.05, 3.63) is 30.6 Å². The van der Waals surface area contributed by atoms with Gasteiger partial charge in [-0.15, -0.1) is 5.10 Å². The van der Waals surface area contributed by atoms with E-state index in [1.165, 1.54) is 11.0 Å². The molecular weight excluding hydrogens is 266 g/mol. The first kappa shape index (κ1) is 13.5. The van der Waals surface area contributed by atoms with Crippen LogP contribution in [0.2, 0.25) is 0 Å². The van der Waals surface area contributed by atoms with Crippen LogP contribution < -0.4 is 10.1 Å². The van der Waals surface area contributed by atoms with Gasteiger partial charge < -0.3 is 15.2 Å². The molecule has 0 saturated heterocycles. The molecule has 20 heavy (non-hydrogen) atoms. The molecule has 9 nitrogen and oxygen atoms in total. The fourth-order valence-electron chi connectivity index (χ4n) is 1.38. The summed E-state index contributed by atoms with van der Waals surface area (Å²) in [5.74, 6) is -0.925. The molecule has 0 bridgehead atoms. The summed E-state index contributed by atoms with van der Waals surface area (Å²) in [6.07, 6.45) is 1.34. The monoisotopic (exact) mass is 277 g/mol. The van der Waals surface area contributed by atoms with Gasteiger partial charge in [0.15, 0.2) is 6.61 Å². The summed E-state index contributed by atoms with van der Waals surface area (Å²) in [6, 6.07) is 6.34. The number of aliphatic carboxylic acids is 1. The SMILES string of the molecule is O=C(O)COc1ccc(NC(=O)Cn2cnnn2)cc1. The van der Waals surface area contributed by atoms with E-state index in [1.807, 2.05) is 0 Å². The molecule has 0 spiro atoms. The molecule has 0 fully saturated rings. The molecule has 2 N–H and O–H groups in total. The first-order chi connectivity index (χ1) is 9.63. The van der Waals surface area contributed by atoms with E-state index in [2.05, 4.69) is 20.8 Å². The molecule has 0 aliphatic carbocycles. The topological polar surface area (TPSA) is 119 Å². The van der Waals surface area contributed by atoms with Gasteiger partial charge in [0.05, 0.1) is 0 Å². The highest BCUT2D eigenvalue weighted by molar-refractivity contribution is 5.90. The average molecular weight is 277 g/mol. The molecule has 1 aromatic heterocycles. The summed E-state index contributed by atoms with van der Waals surface area (Å²) in [4.78, 5) is 22.0. The largest absolute Gasteiger partial charge is 0.482 e. The van der Waals surface area contributed by atoms with Gasteiger partial charge in [-0.25, -0.2) is 9.48 Å². The number of ether oxygens (including phenoxy) is 1. The van der Waals surface area contributed by atoms with E-state index in [-0.39, 0.29) is 12.5 Å². The molecule has 1 amide bonds. The number of rotatable bonds is 6. The number of tetrazole rings is 1. The van der Waals surface area contributed by atoms with E-state index in [4.69, 9.17) is 9.84 Å². The van der Waals surface area contributed by atoms with Crippen molar-refractivity contribution in [2.24, 2.45) is 0 Å². The predicted molar refractivity (Wildman–Crippen MR) is 66.0 cm³/mol. The Morgan fingerprint density at radius 2 is 2.05 bits per heavy atom. The number of aromatic nitrogens is 4. The quantitative estimate of drug-likeness (QED) is 0.748. The maximum absolute atomic E-state index is 11.6. The number of carboxylic acid groups (broad SMARTS) is 1. The lowest BCUT2D eigenvalue weighted by molar-refractivity contribution is -0.139. The smallest absolute Gasteiger partial charge is 0.341 e. The second kappa shape index (κ2) is 6.27. The number of carbonyl (C=O) groups excluding carboxylic acids is 1. The number of hydrogen-bond acceptors (Lipinski definition) is 6. The standard InChI is InChI=1S/C11H11N5O4/c17-10(5-16-7-12-14-15-16)13-8-1-3-9(4-2-8)20-6-11(18)19/h1-4,7H,5-6H2,(H,13,17)(H,18,19). The number of amides is 1. The van der Waals surface area contributed by atoms with Gasteiger partial charge in [-0.1, -0.05) is 0 Å². The molecule has 0 unspecified atom stereocenters. The van der Waals surface area contributed by atoms with Gasteiger partial charge >= 0.3 is 5.97 Å². The number of nitrogens with zero attached hydrogens (tertiary/aromatic N) is 4. The number of carboxylic acids is 1. The van der Waals surface area contributed by atoms with Crippen molar-refractivity contribution in [2.75, 3.05) is 11.9 Å². The zero-order valence-electron chi connectivity index (χ0n) is 10.3. The van der Waals surface area contributed by atoms with Crippen molar-refractivity contribution in [3.63, 3.8) is 0 Å². The molecule has 104 valence electrons. The Kier molecular flexibility index (Phi) is 4.22. The first-order valence-electron chi connectivity index (χ1n) is 5.59. The van der Waals surface area contributed by atoms with Crippen LogP contribution in [-0.2, 0) is 16.1 Å². The van der Waals surface area contributed by atoms with Crippen LogP contribution in [0.15, 0.2) is 30.6 Å². The Morgan fingerprint density at radius 3 is 2.65 bits per heavy atom. The Balaban J connectivity index is 1.86. The second-order valence-electron chi connectivity index (χ2n) is 3.76. The van der Waals surface area contributed by atoms with Gasteiger partial charge in [0.25, 0.3) is 0 Å². The van der Waals surface area contributed by atoms with Crippen molar-refractivity contribution in [1.29, 1.82) is 0 Å². The molecular formula is C11H11N5O4. The Labute approximate surface area is 113 Å². The van der Waals surface area contributed by atoms with Crippen molar-refractivity contribution in [3.8, 4) is 5.75 Å². The first-order valence-corrected chi connectivity index (χ1v) is 5.59. The van der Waals surface area contributed by atoms with E-state index in [1.54, 1.807) is 24.3 Å². The third kappa shape index (κ3) is 4.05. The highest BCUT2D eigenvalue weighted by Gasteiger charge is 2.05. The predicted octanol–water partition coefficient (Wildman–Crippen LogP) is -0.225. The normalized spacial score (nSPS) is 10.0. The molecule has 1 aromatic carbocycles. The second-order valence-corrected chi connectivity index (χ2v) is 3.76. The Bertz CT molecular complexity index is 581. The van der Waals surface area contributed by atoms with Gasteiger partial charge in [0, 0.05) is 5.69 Å². The van der Waals surface area contributed by atoms with E-state index in [9.17, 15) is 9.59 Å². The van der Waals surface area contributed by atoms with Crippen LogP contribution in [-0.4, -0.2) is 43.8 Å². The van der Waals surface area contributed by atoms with Crippen LogP contribution >= 0.6 is 0 Å². The van der Waals surface area contributed by atoms with E-state index < -0.39 is 12.6 Å². The third-order valence-corrected chi connectivity index (χ3v) is 2.20. The molecule has 2 aromatic rings. The molecule has 0 aliphatic rings. The Hall–Kier alpha value is -2.97. The summed E-state index contributed by atoms with van der Waals surface area (Å²) in [5, 5.41) is 21.5. The third-order valence-electron chi connectivity index (χ3n) is 2.20. The van der Waals surface area contributed by atoms with Gasteiger partial charge in [0.1, 0.15) is 18.6 Å². The lowest BCUT2D eigenvalue weighted by atomic mass is 10.3. The summed E-state index contributed by atoms with van der Waals surface area (Å²) in [5.41, 5.74) is 0.561. The van der Waals surface area contributed by atoms with Crippen molar-refractivity contribution in [1.82, 2.24) is 20.2 Å². The molecule has 9 heteroatoms.